The predicted octanol–water partition coefficient (Wildman–Crippen LogP) is 13.3. The molecule has 12 rings (SSSR count). The molecule has 0 N–H and O–H groups in total. The van der Waals surface area contributed by atoms with E-state index in [4.69, 9.17) is 4.98 Å². The maximum Gasteiger partial charge on any atom is 0.193 e. The van der Waals surface area contributed by atoms with Crippen molar-refractivity contribution in [3.8, 4) is 28.3 Å². The van der Waals surface area contributed by atoms with Crippen LogP contribution >= 0.6 is 0 Å². The lowest BCUT2D eigenvalue weighted by Crippen LogP contribution is -2.00. The summed E-state index contributed by atoms with van der Waals surface area (Å²) in [6.07, 6.45) is 1.93. The quantitative estimate of drug-likeness (QED) is 0.159. The number of carbonyl (C=O) groups is 1. The van der Waals surface area contributed by atoms with Gasteiger partial charge >= 0.3 is 0 Å². The second kappa shape index (κ2) is 13.0. The predicted molar refractivity (Wildman–Crippen MR) is 243 cm³/mol. The minimum Gasteiger partial charge on any atom is -0.309 e. The van der Waals surface area contributed by atoms with Crippen LogP contribution in [-0.2, 0) is 0 Å². The number of fused-ring (bicyclic) bond motifs is 9. The first-order valence-corrected chi connectivity index (χ1v) is 19.9. The molecule has 0 bridgehead atoms. The Bertz CT molecular complexity index is 3330. The van der Waals surface area contributed by atoms with Gasteiger partial charge in [0.25, 0.3) is 0 Å². The molecular formula is C54H34N4O. The highest BCUT2D eigenvalue weighted by Crippen LogP contribution is 2.39. The maximum absolute atomic E-state index is 13.1. The first kappa shape index (κ1) is 33.2. The van der Waals surface area contributed by atoms with Gasteiger partial charge in [0.05, 0.1) is 33.1 Å². The average molecular weight is 755 g/mol. The number of pyridine rings is 1. The molecule has 4 aromatic heterocycles. The van der Waals surface area contributed by atoms with Crippen LogP contribution in [0.25, 0.3) is 93.7 Å². The molecule has 0 saturated heterocycles. The van der Waals surface area contributed by atoms with Crippen LogP contribution in [-0.4, -0.2) is 24.5 Å². The van der Waals surface area contributed by atoms with Crippen molar-refractivity contribution in [1.82, 2.24) is 18.7 Å². The van der Waals surface area contributed by atoms with Crippen molar-refractivity contribution < 1.29 is 4.79 Å². The fourth-order valence-corrected chi connectivity index (χ4v) is 9.19. The highest BCUT2D eigenvalue weighted by molar-refractivity contribution is 6.14. The van der Waals surface area contributed by atoms with Crippen LogP contribution in [0.15, 0.2) is 206 Å². The third-order valence-corrected chi connectivity index (χ3v) is 11.9. The van der Waals surface area contributed by atoms with Gasteiger partial charge in [-0.2, -0.15) is 0 Å². The van der Waals surface area contributed by atoms with Crippen LogP contribution in [0.2, 0.25) is 0 Å². The zero-order valence-corrected chi connectivity index (χ0v) is 31.8. The van der Waals surface area contributed by atoms with Gasteiger partial charge in [0.15, 0.2) is 5.78 Å². The number of nitrogens with zero attached hydrogens (tertiary/aromatic N) is 4. The van der Waals surface area contributed by atoms with Crippen molar-refractivity contribution in [3.63, 3.8) is 0 Å². The van der Waals surface area contributed by atoms with Gasteiger partial charge in [-0.15, -0.1) is 0 Å². The average Bonchev–Trinajstić information content (AvgIpc) is 3.94. The van der Waals surface area contributed by atoms with Crippen LogP contribution in [0.5, 0.6) is 0 Å². The lowest BCUT2D eigenvalue weighted by atomic mass is 10.00. The number of hydrogen-bond donors (Lipinski definition) is 0. The topological polar surface area (TPSA) is 44.8 Å². The zero-order valence-electron chi connectivity index (χ0n) is 31.8. The lowest BCUT2D eigenvalue weighted by Gasteiger charge is -2.11. The Kier molecular flexibility index (Phi) is 7.31. The number of carbonyl (C=O) groups excluding carboxylic acids is 1. The van der Waals surface area contributed by atoms with Gasteiger partial charge in [-0.25, -0.2) is 4.98 Å². The summed E-state index contributed by atoms with van der Waals surface area (Å²) in [5, 5.41) is 7.24. The minimum atomic E-state index is 0.0135. The van der Waals surface area contributed by atoms with E-state index in [1.165, 1.54) is 43.6 Å². The first-order chi connectivity index (χ1) is 29.2. The van der Waals surface area contributed by atoms with E-state index in [1.54, 1.807) is 0 Å². The molecule has 5 heteroatoms. The van der Waals surface area contributed by atoms with Gasteiger partial charge in [0, 0.05) is 66.6 Å². The van der Waals surface area contributed by atoms with E-state index in [0.717, 1.165) is 50.1 Å². The van der Waals surface area contributed by atoms with E-state index in [2.05, 4.69) is 159 Å². The lowest BCUT2D eigenvalue weighted by molar-refractivity contribution is 0.103. The van der Waals surface area contributed by atoms with Crippen molar-refractivity contribution in [2.75, 3.05) is 0 Å². The summed E-state index contributed by atoms with van der Waals surface area (Å²) >= 11 is 0. The molecule has 0 aliphatic rings. The third kappa shape index (κ3) is 5.12. The van der Waals surface area contributed by atoms with Crippen LogP contribution in [0.4, 0.5) is 0 Å². The molecule has 0 saturated carbocycles. The zero-order chi connectivity index (χ0) is 39.0. The molecule has 0 aliphatic carbocycles. The number of para-hydroxylation sites is 4. The second-order valence-corrected chi connectivity index (χ2v) is 15.2. The van der Waals surface area contributed by atoms with Crippen molar-refractivity contribution >= 4 is 71.2 Å². The van der Waals surface area contributed by atoms with E-state index in [9.17, 15) is 4.79 Å². The highest BCUT2D eigenvalue weighted by Gasteiger charge is 2.19. The largest absolute Gasteiger partial charge is 0.309 e. The molecule has 0 fully saturated rings. The first-order valence-electron chi connectivity index (χ1n) is 19.9. The summed E-state index contributed by atoms with van der Waals surface area (Å²) in [4.78, 5) is 18.2. The normalized spacial score (nSPS) is 11.8. The molecule has 0 radical (unpaired) electrons. The molecule has 0 amide bonds. The van der Waals surface area contributed by atoms with Crippen molar-refractivity contribution in [2.45, 2.75) is 0 Å². The Morgan fingerprint density at radius 1 is 0.339 bits per heavy atom. The van der Waals surface area contributed by atoms with Crippen molar-refractivity contribution in [1.29, 1.82) is 0 Å². The van der Waals surface area contributed by atoms with Gasteiger partial charge in [0.1, 0.15) is 5.82 Å². The van der Waals surface area contributed by atoms with Crippen LogP contribution in [0, 0.1) is 0 Å². The third-order valence-electron chi connectivity index (χ3n) is 11.9. The fourth-order valence-electron chi connectivity index (χ4n) is 9.19. The number of hydrogen-bond acceptors (Lipinski definition) is 2. The van der Waals surface area contributed by atoms with Crippen molar-refractivity contribution in [3.05, 3.63) is 218 Å². The Morgan fingerprint density at radius 2 is 0.746 bits per heavy atom. The van der Waals surface area contributed by atoms with Gasteiger partial charge in [-0.3, -0.25) is 9.36 Å². The summed E-state index contributed by atoms with van der Waals surface area (Å²) in [5.74, 6) is 0.846. The molecule has 276 valence electrons. The number of rotatable bonds is 6. The Morgan fingerprint density at radius 3 is 1.20 bits per heavy atom. The molecule has 0 atom stereocenters. The molecule has 8 aromatic carbocycles. The van der Waals surface area contributed by atoms with Crippen LogP contribution < -0.4 is 0 Å². The summed E-state index contributed by atoms with van der Waals surface area (Å²) in [6, 6.07) is 69.7. The second-order valence-electron chi connectivity index (χ2n) is 15.2. The minimum absolute atomic E-state index is 0.0135. The van der Waals surface area contributed by atoms with Crippen LogP contribution in [0.3, 0.4) is 0 Å². The molecular weight excluding hydrogens is 721 g/mol. The monoisotopic (exact) mass is 754 g/mol. The number of ketones is 1. The fraction of sp³-hybridized carbons (Fsp3) is 0. The molecule has 0 spiro atoms. The molecule has 4 heterocycles. The molecule has 5 nitrogen and oxygen atoms in total. The molecule has 0 unspecified atom stereocenters. The Labute approximate surface area is 339 Å². The van der Waals surface area contributed by atoms with E-state index in [1.807, 2.05) is 60.8 Å². The maximum atomic E-state index is 13.1. The van der Waals surface area contributed by atoms with E-state index in [-0.39, 0.29) is 5.78 Å². The Hall–Kier alpha value is -8.02. The van der Waals surface area contributed by atoms with Gasteiger partial charge in [-0.05, 0) is 78.4 Å². The van der Waals surface area contributed by atoms with Gasteiger partial charge < -0.3 is 9.13 Å². The smallest absolute Gasteiger partial charge is 0.193 e. The summed E-state index contributed by atoms with van der Waals surface area (Å²) in [5.41, 5.74) is 12.4. The van der Waals surface area contributed by atoms with Crippen molar-refractivity contribution in [2.24, 2.45) is 0 Å². The van der Waals surface area contributed by atoms with E-state index >= 15 is 0 Å². The van der Waals surface area contributed by atoms with E-state index in [0.29, 0.717) is 11.1 Å². The van der Waals surface area contributed by atoms with Gasteiger partial charge in [0.2, 0.25) is 0 Å². The SMILES string of the molecule is O=C(c1ccccc1)c1ccc(-c2ccc(-n3c4ccc(-n5c6ccccc6c6ccccc65)cc4c4cc(-n5c6ccccc6c6ccccc65)ccc43)nc2)cc1. The summed E-state index contributed by atoms with van der Waals surface area (Å²) < 4.78 is 7.05. The molecule has 12 aromatic rings. The number of aromatic nitrogens is 4. The standard InChI is InChI=1S/C54H34N4O/c59-54(36-12-2-1-3-13-36)37-24-22-35(23-25-37)38-26-31-53(55-34-38)58-51-29-27-39(56-47-18-8-4-14-41(47)42-15-5-9-19-48(42)56)32-45(51)46-33-40(28-30-52(46)58)57-49-20-10-6-16-43(49)44-17-7-11-21-50(44)57/h1-34H. The van der Waals surface area contributed by atoms with E-state index < -0.39 is 0 Å². The van der Waals surface area contributed by atoms with Crippen LogP contribution in [0.1, 0.15) is 15.9 Å². The summed E-state index contributed by atoms with van der Waals surface area (Å²) in [7, 11) is 0. The van der Waals surface area contributed by atoms with Gasteiger partial charge in [-0.1, -0.05) is 127 Å². The Balaban J connectivity index is 1.04. The highest BCUT2D eigenvalue weighted by atomic mass is 16.1. The molecule has 59 heavy (non-hydrogen) atoms. The molecule has 0 aliphatic heterocycles. The summed E-state index contributed by atoms with van der Waals surface area (Å²) in [6.45, 7) is 0. The number of benzene rings is 8.